The van der Waals surface area contributed by atoms with Crippen molar-refractivity contribution < 1.29 is 9.15 Å². The summed E-state index contributed by atoms with van der Waals surface area (Å²) >= 11 is 0. The van der Waals surface area contributed by atoms with Gasteiger partial charge in [-0.3, -0.25) is 0 Å². The Bertz CT molecular complexity index is 951. The van der Waals surface area contributed by atoms with E-state index in [2.05, 4.69) is 9.97 Å². The predicted octanol–water partition coefficient (Wildman–Crippen LogP) is 2.56. The molecule has 0 atom stereocenters. The summed E-state index contributed by atoms with van der Waals surface area (Å²) in [4.78, 5) is 22.4. The summed E-state index contributed by atoms with van der Waals surface area (Å²) in [6.07, 6.45) is 3.38. The molecule has 116 valence electrons. The van der Waals surface area contributed by atoms with Crippen LogP contribution in [0.4, 0.5) is 5.95 Å². The lowest BCUT2D eigenvalue weighted by Gasteiger charge is -2.29. The fraction of sp³-hybridized carbons (Fsp3) is 0.235. The van der Waals surface area contributed by atoms with Gasteiger partial charge in [-0.05, 0) is 37.6 Å². The number of fused-ring (bicyclic) bond motifs is 3. The van der Waals surface area contributed by atoms with Crippen molar-refractivity contribution in [1.82, 2.24) is 9.97 Å². The van der Waals surface area contributed by atoms with Gasteiger partial charge in [0.15, 0.2) is 6.73 Å². The molecule has 0 spiro atoms. The quantitative estimate of drug-likeness (QED) is 0.644. The summed E-state index contributed by atoms with van der Waals surface area (Å²) in [5, 5.41) is 0.931. The topological polar surface area (TPSA) is 68.5 Å². The van der Waals surface area contributed by atoms with Gasteiger partial charge in [0.1, 0.15) is 11.3 Å². The van der Waals surface area contributed by atoms with E-state index in [1.165, 1.54) is 0 Å². The smallest absolute Gasteiger partial charge is 0.339 e. The minimum atomic E-state index is -0.309. The minimum Gasteiger partial charge on any atom is -0.473 e. The van der Waals surface area contributed by atoms with Gasteiger partial charge in [-0.2, -0.15) is 0 Å². The molecule has 0 fully saturated rings. The van der Waals surface area contributed by atoms with Crippen LogP contribution in [0.5, 0.6) is 5.75 Å². The van der Waals surface area contributed by atoms with Crippen molar-refractivity contribution >= 4 is 16.9 Å². The van der Waals surface area contributed by atoms with Gasteiger partial charge in [-0.1, -0.05) is 0 Å². The Morgan fingerprint density at radius 2 is 1.91 bits per heavy atom. The van der Waals surface area contributed by atoms with Gasteiger partial charge in [-0.15, -0.1) is 0 Å². The van der Waals surface area contributed by atoms with Crippen molar-refractivity contribution in [3.05, 3.63) is 57.7 Å². The first-order valence-electron chi connectivity index (χ1n) is 7.36. The third kappa shape index (κ3) is 2.14. The highest BCUT2D eigenvalue weighted by molar-refractivity contribution is 5.86. The molecular formula is C17H15N3O3. The van der Waals surface area contributed by atoms with Crippen LogP contribution in [0.25, 0.3) is 11.0 Å². The lowest BCUT2D eigenvalue weighted by atomic mass is 10.0. The Kier molecular flexibility index (Phi) is 3.04. The van der Waals surface area contributed by atoms with Gasteiger partial charge in [-0.25, -0.2) is 14.8 Å². The van der Waals surface area contributed by atoms with E-state index in [-0.39, 0.29) is 5.63 Å². The van der Waals surface area contributed by atoms with Crippen LogP contribution in [-0.4, -0.2) is 16.7 Å². The average Bonchev–Trinajstić information content (AvgIpc) is 2.60. The molecule has 4 rings (SSSR count). The van der Waals surface area contributed by atoms with Crippen molar-refractivity contribution in [3.63, 3.8) is 0 Å². The number of rotatable bonds is 1. The fourth-order valence-corrected chi connectivity index (χ4v) is 2.80. The zero-order valence-corrected chi connectivity index (χ0v) is 12.9. The minimum absolute atomic E-state index is 0.309. The zero-order chi connectivity index (χ0) is 16.0. The van der Waals surface area contributed by atoms with Crippen LogP contribution < -0.4 is 15.3 Å². The average molecular weight is 309 g/mol. The van der Waals surface area contributed by atoms with E-state index >= 15 is 0 Å². The van der Waals surface area contributed by atoms with Gasteiger partial charge in [0.25, 0.3) is 0 Å². The van der Waals surface area contributed by atoms with Gasteiger partial charge < -0.3 is 14.1 Å². The second-order valence-corrected chi connectivity index (χ2v) is 5.58. The van der Waals surface area contributed by atoms with Crippen LogP contribution in [0, 0.1) is 13.8 Å². The van der Waals surface area contributed by atoms with Gasteiger partial charge in [0.2, 0.25) is 5.95 Å². The molecule has 2 aromatic heterocycles. The molecule has 0 radical (unpaired) electrons. The van der Waals surface area contributed by atoms with E-state index in [1.807, 2.05) is 24.0 Å². The Balaban J connectivity index is 1.88. The van der Waals surface area contributed by atoms with Crippen molar-refractivity contribution in [3.8, 4) is 5.75 Å². The first-order chi connectivity index (χ1) is 11.1. The van der Waals surface area contributed by atoms with Crippen LogP contribution in [0.15, 0.2) is 39.8 Å². The molecule has 6 heteroatoms. The molecule has 3 aromatic rings. The van der Waals surface area contributed by atoms with E-state index < -0.39 is 0 Å². The molecule has 0 bridgehead atoms. The number of ether oxygens (including phenoxy) is 1. The molecular weight excluding hydrogens is 294 g/mol. The van der Waals surface area contributed by atoms with E-state index in [0.29, 0.717) is 30.4 Å². The summed E-state index contributed by atoms with van der Waals surface area (Å²) < 4.78 is 11.3. The maximum Gasteiger partial charge on any atom is 0.339 e. The Morgan fingerprint density at radius 1 is 1.13 bits per heavy atom. The monoisotopic (exact) mass is 309 g/mol. The molecule has 0 saturated carbocycles. The number of anilines is 1. The summed E-state index contributed by atoms with van der Waals surface area (Å²) in [6.45, 7) is 4.60. The number of benzene rings is 1. The molecule has 3 heterocycles. The number of aromatic nitrogens is 2. The number of hydrogen-bond donors (Lipinski definition) is 0. The maximum absolute atomic E-state index is 12.0. The second-order valence-electron chi connectivity index (χ2n) is 5.58. The first-order valence-corrected chi connectivity index (χ1v) is 7.36. The summed E-state index contributed by atoms with van der Waals surface area (Å²) in [5.41, 5.74) is 2.69. The predicted molar refractivity (Wildman–Crippen MR) is 85.7 cm³/mol. The zero-order valence-electron chi connectivity index (χ0n) is 12.9. The number of aryl methyl sites for hydroxylation is 1. The van der Waals surface area contributed by atoms with E-state index in [4.69, 9.17) is 9.15 Å². The van der Waals surface area contributed by atoms with Crippen LogP contribution in [0.3, 0.4) is 0 Å². The number of nitrogens with zero attached hydrogens (tertiary/aromatic N) is 3. The van der Waals surface area contributed by atoms with Crippen molar-refractivity contribution in [2.75, 3.05) is 11.6 Å². The van der Waals surface area contributed by atoms with Crippen molar-refractivity contribution in [1.29, 1.82) is 0 Å². The molecule has 1 aliphatic rings. The van der Waals surface area contributed by atoms with E-state index in [9.17, 15) is 4.79 Å². The lowest BCUT2D eigenvalue weighted by molar-refractivity contribution is 0.286. The SMILES string of the molecule is Cc1c(C)c2ccc3c(c2oc1=O)CN(c1ncccn1)CO3. The largest absolute Gasteiger partial charge is 0.473 e. The Hall–Kier alpha value is -2.89. The summed E-state index contributed by atoms with van der Waals surface area (Å²) in [5.74, 6) is 1.32. The van der Waals surface area contributed by atoms with E-state index in [0.717, 1.165) is 22.3 Å². The first kappa shape index (κ1) is 13.8. The van der Waals surface area contributed by atoms with E-state index in [1.54, 1.807) is 25.4 Å². The van der Waals surface area contributed by atoms with Crippen LogP contribution in [-0.2, 0) is 6.54 Å². The molecule has 0 saturated heterocycles. The van der Waals surface area contributed by atoms with Gasteiger partial charge in [0.05, 0.1) is 12.1 Å². The molecule has 0 aliphatic carbocycles. The van der Waals surface area contributed by atoms with Crippen molar-refractivity contribution in [2.24, 2.45) is 0 Å². The van der Waals surface area contributed by atoms with Crippen LogP contribution >= 0.6 is 0 Å². The van der Waals surface area contributed by atoms with Gasteiger partial charge in [0, 0.05) is 23.3 Å². The summed E-state index contributed by atoms with van der Waals surface area (Å²) in [6, 6.07) is 5.63. The normalized spacial score (nSPS) is 13.7. The molecule has 0 unspecified atom stereocenters. The van der Waals surface area contributed by atoms with Crippen LogP contribution in [0.2, 0.25) is 0 Å². The molecule has 23 heavy (non-hydrogen) atoms. The highest BCUT2D eigenvalue weighted by Gasteiger charge is 2.24. The summed E-state index contributed by atoms with van der Waals surface area (Å²) in [7, 11) is 0. The molecule has 0 N–H and O–H groups in total. The fourth-order valence-electron chi connectivity index (χ4n) is 2.80. The van der Waals surface area contributed by atoms with Crippen LogP contribution in [0.1, 0.15) is 16.7 Å². The Labute approximate surface area is 132 Å². The molecule has 1 aromatic carbocycles. The van der Waals surface area contributed by atoms with Crippen molar-refractivity contribution in [2.45, 2.75) is 20.4 Å². The highest BCUT2D eigenvalue weighted by Crippen LogP contribution is 2.34. The Morgan fingerprint density at radius 3 is 2.70 bits per heavy atom. The highest BCUT2D eigenvalue weighted by atomic mass is 16.5. The number of hydrogen-bond acceptors (Lipinski definition) is 6. The lowest BCUT2D eigenvalue weighted by Crippen LogP contribution is -2.33. The maximum atomic E-state index is 12.0. The second kappa shape index (κ2) is 5.08. The molecule has 6 nitrogen and oxygen atoms in total. The van der Waals surface area contributed by atoms with Gasteiger partial charge >= 0.3 is 5.63 Å². The molecule has 0 amide bonds. The third-order valence-corrected chi connectivity index (χ3v) is 4.24. The standard InChI is InChI=1S/C17H15N3O3/c1-10-11(2)16(21)23-15-12(10)4-5-14-13(15)8-20(9-22-14)17-18-6-3-7-19-17/h3-7H,8-9H2,1-2H3. The third-order valence-electron chi connectivity index (χ3n) is 4.24. The molecule has 1 aliphatic heterocycles.